The molecule has 2 N–H and O–H groups in total. The van der Waals surface area contributed by atoms with Gasteiger partial charge in [0.1, 0.15) is 0 Å². The van der Waals surface area contributed by atoms with Gasteiger partial charge in [-0.25, -0.2) is 0 Å². The summed E-state index contributed by atoms with van der Waals surface area (Å²) < 4.78 is 0. The summed E-state index contributed by atoms with van der Waals surface area (Å²) >= 11 is 0. The topological polar surface area (TPSA) is 29.3 Å². The van der Waals surface area contributed by atoms with E-state index in [4.69, 9.17) is 5.73 Å². The Hall–Kier alpha value is -0.0800. The number of hydrogen-bond donors (Lipinski definition) is 1. The summed E-state index contributed by atoms with van der Waals surface area (Å²) in [5.74, 6) is 0.895. The fraction of sp³-hybridized carbons (Fsp3) is 1.00. The van der Waals surface area contributed by atoms with E-state index in [9.17, 15) is 0 Å². The predicted molar refractivity (Wildman–Crippen MR) is 76.2 cm³/mol. The van der Waals surface area contributed by atoms with Gasteiger partial charge in [0.05, 0.1) is 0 Å². The fourth-order valence-corrected chi connectivity index (χ4v) is 3.53. The Kier molecular flexibility index (Phi) is 5.94. The molecule has 0 aromatic heterocycles. The number of hydrogen-bond acceptors (Lipinski definition) is 2. The second-order valence-electron chi connectivity index (χ2n) is 5.88. The lowest BCUT2D eigenvalue weighted by molar-refractivity contribution is 0.0753. The molecular formula is C15H32N2. The van der Waals surface area contributed by atoms with E-state index >= 15 is 0 Å². The molecule has 1 fully saturated rings. The molecule has 0 aliphatic heterocycles. The van der Waals surface area contributed by atoms with Crippen LogP contribution in [-0.2, 0) is 0 Å². The van der Waals surface area contributed by atoms with Crippen molar-refractivity contribution in [3.63, 3.8) is 0 Å². The molecule has 0 amide bonds. The maximum absolute atomic E-state index is 6.55. The van der Waals surface area contributed by atoms with Crippen LogP contribution in [0.2, 0.25) is 0 Å². The third-order valence-electron chi connectivity index (χ3n) is 5.06. The Labute approximate surface area is 108 Å². The molecule has 2 heteroatoms. The highest BCUT2D eigenvalue weighted by Gasteiger charge is 2.36. The van der Waals surface area contributed by atoms with Crippen molar-refractivity contribution in [2.24, 2.45) is 11.7 Å². The van der Waals surface area contributed by atoms with Crippen LogP contribution in [0.1, 0.15) is 66.2 Å². The first kappa shape index (κ1) is 15.0. The lowest BCUT2D eigenvalue weighted by Gasteiger charge is -2.45. The molecule has 2 unspecified atom stereocenters. The Bertz CT molecular complexity index is 207. The molecule has 1 aliphatic rings. The zero-order chi connectivity index (χ0) is 12.9. The van der Waals surface area contributed by atoms with E-state index in [1.165, 1.54) is 32.1 Å². The van der Waals surface area contributed by atoms with Crippen LogP contribution in [0.4, 0.5) is 0 Å². The molecule has 0 aromatic carbocycles. The first-order valence-corrected chi connectivity index (χ1v) is 7.59. The largest absolute Gasteiger partial charge is 0.326 e. The molecular weight excluding hydrogens is 208 g/mol. The highest BCUT2D eigenvalue weighted by molar-refractivity contribution is 4.95. The molecule has 0 spiro atoms. The highest BCUT2D eigenvalue weighted by atomic mass is 15.2. The van der Waals surface area contributed by atoms with Crippen molar-refractivity contribution in [2.45, 2.75) is 77.8 Å². The minimum absolute atomic E-state index is 0.187. The third kappa shape index (κ3) is 3.45. The number of nitrogens with zero attached hydrogens (tertiary/aromatic N) is 1. The Morgan fingerprint density at radius 3 is 2.12 bits per heavy atom. The van der Waals surface area contributed by atoms with E-state index in [1.807, 2.05) is 0 Å². The van der Waals surface area contributed by atoms with Crippen LogP contribution in [0.3, 0.4) is 0 Å². The summed E-state index contributed by atoms with van der Waals surface area (Å²) in [6.45, 7) is 11.4. The standard InChI is InChI=1S/C15H32N2/c1-5-15(4,17(6-2)7-3)14(16)12-13-10-8-9-11-13/h13-14H,5-12,16H2,1-4H3. The second-order valence-corrected chi connectivity index (χ2v) is 5.88. The Morgan fingerprint density at radius 1 is 1.18 bits per heavy atom. The quantitative estimate of drug-likeness (QED) is 0.739. The molecule has 2 atom stereocenters. The first-order chi connectivity index (χ1) is 8.08. The van der Waals surface area contributed by atoms with E-state index in [0.29, 0.717) is 6.04 Å². The Balaban J connectivity index is 2.62. The Morgan fingerprint density at radius 2 is 1.71 bits per heavy atom. The van der Waals surface area contributed by atoms with Crippen LogP contribution in [-0.4, -0.2) is 29.6 Å². The van der Waals surface area contributed by atoms with Gasteiger partial charge in [0.2, 0.25) is 0 Å². The average molecular weight is 240 g/mol. The van der Waals surface area contributed by atoms with Gasteiger partial charge in [0.15, 0.2) is 0 Å². The maximum Gasteiger partial charge on any atom is 0.0329 e. The van der Waals surface area contributed by atoms with E-state index in [-0.39, 0.29) is 5.54 Å². The smallest absolute Gasteiger partial charge is 0.0329 e. The lowest BCUT2D eigenvalue weighted by atomic mass is 9.82. The molecule has 0 saturated heterocycles. The van der Waals surface area contributed by atoms with Gasteiger partial charge in [-0.2, -0.15) is 0 Å². The highest BCUT2D eigenvalue weighted by Crippen LogP contribution is 2.33. The van der Waals surface area contributed by atoms with Gasteiger partial charge >= 0.3 is 0 Å². The molecule has 2 nitrogen and oxygen atoms in total. The van der Waals surface area contributed by atoms with Crippen molar-refractivity contribution in [3.8, 4) is 0 Å². The first-order valence-electron chi connectivity index (χ1n) is 7.59. The summed E-state index contributed by atoms with van der Waals surface area (Å²) in [6.07, 6.45) is 8.04. The predicted octanol–water partition coefficient (Wildman–Crippen LogP) is 3.40. The lowest BCUT2D eigenvalue weighted by Crippen LogP contribution is -2.58. The van der Waals surface area contributed by atoms with E-state index in [0.717, 1.165) is 25.4 Å². The van der Waals surface area contributed by atoms with Crippen LogP contribution < -0.4 is 5.73 Å². The normalized spacial score (nSPS) is 22.9. The monoisotopic (exact) mass is 240 g/mol. The number of likely N-dealkylation sites (N-methyl/N-ethyl adjacent to an activating group) is 1. The zero-order valence-electron chi connectivity index (χ0n) is 12.3. The van der Waals surface area contributed by atoms with Gasteiger partial charge in [0, 0.05) is 11.6 Å². The summed E-state index contributed by atoms with van der Waals surface area (Å²) in [5.41, 5.74) is 6.74. The van der Waals surface area contributed by atoms with Gasteiger partial charge in [-0.1, -0.05) is 46.5 Å². The van der Waals surface area contributed by atoms with Crippen LogP contribution in [0, 0.1) is 5.92 Å². The van der Waals surface area contributed by atoms with Gasteiger partial charge in [0.25, 0.3) is 0 Å². The number of rotatable bonds is 7. The summed E-state index contributed by atoms with van der Waals surface area (Å²) in [7, 11) is 0. The van der Waals surface area contributed by atoms with Crippen molar-refractivity contribution in [1.29, 1.82) is 0 Å². The molecule has 0 radical (unpaired) electrons. The molecule has 0 heterocycles. The number of nitrogens with two attached hydrogens (primary N) is 1. The SMILES string of the molecule is CCN(CC)C(C)(CC)C(N)CC1CCCC1. The maximum atomic E-state index is 6.55. The van der Waals surface area contributed by atoms with Crippen LogP contribution in [0.5, 0.6) is 0 Å². The molecule has 1 aliphatic carbocycles. The van der Waals surface area contributed by atoms with Crippen molar-refractivity contribution in [1.82, 2.24) is 4.90 Å². The minimum atomic E-state index is 0.187. The van der Waals surface area contributed by atoms with Crippen molar-refractivity contribution >= 4 is 0 Å². The zero-order valence-corrected chi connectivity index (χ0v) is 12.3. The molecule has 1 saturated carbocycles. The second kappa shape index (κ2) is 6.75. The van der Waals surface area contributed by atoms with E-state index < -0.39 is 0 Å². The van der Waals surface area contributed by atoms with Gasteiger partial charge in [-0.05, 0) is 38.8 Å². The van der Waals surface area contributed by atoms with Crippen molar-refractivity contribution in [2.75, 3.05) is 13.1 Å². The van der Waals surface area contributed by atoms with Gasteiger partial charge in [-0.3, -0.25) is 4.90 Å². The van der Waals surface area contributed by atoms with Gasteiger partial charge < -0.3 is 5.73 Å². The van der Waals surface area contributed by atoms with Crippen LogP contribution in [0.15, 0.2) is 0 Å². The van der Waals surface area contributed by atoms with E-state index in [2.05, 4.69) is 32.6 Å². The molecule has 0 bridgehead atoms. The van der Waals surface area contributed by atoms with Crippen molar-refractivity contribution < 1.29 is 0 Å². The molecule has 1 rings (SSSR count). The summed E-state index contributed by atoms with van der Waals surface area (Å²) in [5, 5.41) is 0. The third-order valence-corrected chi connectivity index (χ3v) is 5.06. The summed E-state index contributed by atoms with van der Waals surface area (Å²) in [4.78, 5) is 2.55. The fourth-order valence-electron chi connectivity index (χ4n) is 3.53. The van der Waals surface area contributed by atoms with Gasteiger partial charge in [-0.15, -0.1) is 0 Å². The minimum Gasteiger partial charge on any atom is -0.326 e. The van der Waals surface area contributed by atoms with Crippen LogP contribution >= 0.6 is 0 Å². The molecule has 0 aromatic rings. The van der Waals surface area contributed by atoms with Crippen molar-refractivity contribution in [3.05, 3.63) is 0 Å². The van der Waals surface area contributed by atoms with Crippen LogP contribution in [0.25, 0.3) is 0 Å². The van der Waals surface area contributed by atoms with E-state index in [1.54, 1.807) is 0 Å². The summed E-state index contributed by atoms with van der Waals surface area (Å²) in [6, 6.07) is 0.329. The molecule has 102 valence electrons. The molecule has 17 heavy (non-hydrogen) atoms. The average Bonchev–Trinajstić information content (AvgIpc) is 2.82.